The first kappa shape index (κ1) is 17.5. The Hall–Kier alpha value is -3.35. The molecule has 1 amide bonds. The van der Waals surface area contributed by atoms with Gasteiger partial charge < -0.3 is 10.2 Å². The summed E-state index contributed by atoms with van der Waals surface area (Å²) in [6, 6.07) is 11.0. The van der Waals surface area contributed by atoms with E-state index in [1.165, 1.54) is 0 Å². The van der Waals surface area contributed by atoms with Gasteiger partial charge in [-0.25, -0.2) is 9.97 Å². The fraction of sp³-hybridized carbons (Fsp3) is 0.211. The summed E-state index contributed by atoms with van der Waals surface area (Å²) in [4.78, 5) is 31.4. The molecule has 3 heterocycles. The summed E-state index contributed by atoms with van der Waals surface area (Å²) < 4.78 is 0. The molecule has 0 unspecified atom stereocenters. The van der Waals surface area contributed by atoms with Crippen LogP contribution in [0, 0.1) is 0 Å². The van der Waals surface area contributed by atoms with E-state index in [9.17, 15) is 4.79 Å². The summed E-state index contributed by atoms with van der Waals surface area (Å²) in [6.07, 6.45) is 5.49. The molecule has 26 heavy (non-hydrogen) atoms. The van der Waals surface area contributed by atoms with Crippen LogP contribution in [0.25, 0.3) is 11.5 Å². The average molecular weight is 348 g/mol. The molecule has 0 saturated carbocycles. The molecule has 0 saturated heterocycles. The van der Waals surface area contributed by atoms with Crippen LogP contribution in [0.15, 0.2) is 55.0 Å². The van der Waals surface area contributed by atoms with Crippen molar-refractivity contribution in [2.75, 3.05) is 25.5 Å². The predicted octanol–water partition coefficient (Wildman–Crippen LogP) is 1.97. The number of carbonyl (C=O) groups is 1. The molecule has 3 rings (SSSR count). The van der Waals surface area contributed by atoms with Crippen molar-refractivity contribution in [1.82, 2.24) is 25.3 Å². The number of hydrogen-bond acceptors (Lipinski definition) is 6. The van der Waals surface area contributed by atoms with Gasteiger partial charge in [-0.1, -0.05) is 6.07 Å². The Morgan fingerprint density at radius 1 is 1.12 bits per heavy atom. The van der Waals surface area contributed by atoms with E-state index >= 15 is 0 Å². The van der Waals surface area contributed by atoms with Crippen molar-refractivity contribution < 1.29 is 4.79 Å². The van der Waals surface area contributed by atoms with Crippen molar-refractivity contribution in [3.8, 4) is 11.5 Å². The molecule has 7 heteroatoms. The first-order valence-corrected chi connectivity index (χ1v) is 8.28. The summed E-state index contributed by atoms with van der Waals surface area (Å²) in [5.74, 6) is 1.23. The summed E-state index contributed by atoms with van der Waals surface area (Å²) in [7, 11) is 3.86. The molecule has 0 fully saturated rings. The van der Waals surface area contributed by atoms with Gasteiger partial charge in [0.1, 0.15) is 11.5 Å². The van der Waals surface area contributed by atoms with E-state index in [0.29, 0.717) is 24.4 Å². The molecule has 3 aromatic heterocycles. The van der Waals surface area contributed by atoms with E-state index in [2.05, 4.69) is 25.3 Å². The third-order valence-electron chi connectivity index (χ3n) is 3.71. The van der Waals surface area contributed by atoms with Gasteiger partial charge in [0.25, 0.3) is 5.91 Å². The zero-order chi connectivity index (χ0) is 18.4. The van der Waals surface area contributed by atoms with Crippen molar-refractivity contribution in [2.45, 2.75) is 6.42 Å². The van der Waals surface area contributed by atoms with Crippen LogP contribution in [0.4, 0.5) is 5.82 Å². The molecule has 0 aliphatic carbocycles. The monoisotopic (exact) mass is 348 g/mol. The zero-order valence-electron chi connectivity index (χ0n) is 14.8. The molecule has 0 spiro atoms. The van der Waals surface area contributed by atoms with Crippen molar-refractivity contribution in [1.29, 1.82) is 0 Å². The minimum Gasteiger partial charge on any atom is -0.363 e. The predicted molar refractivity (Wildman–Crippen MR) is 99.9 cm³/mol. The topological polar surface area (TPSA) is 83.9 Å². The van der Waals surface area contributed by atoms with Crippen LogP contribution in [0.3, 0.4) is 0 Å². The smallest absolute Gasteiger partial charge is 0.252 e. The minimum atomic E-state index is -0.148. The van der Waals surface area contributed by atoms with Crippen LogP contribution in [0.2, 0.25) is 0 Å². The Morgan fingerprint density at radius 3 is 2.69 bits per heavy atom. The Kier molecular flexibility index (Phi) is 5.48. The number of carbonyl (C=O) groups excluding carboxylic acids is 1. The molecule has 0 aromatic carbocycles. The second kappa shape index (κ2) is 8.15. The molecular weight excluding hydrogens is 328 g/mol. The third-order valence-corrected chi connectivity index (χ3v) is 3.71. The molecule has 0 aliphatic heterocycles. The highest BCUT2D eigenvalue weighted by Crippen LogP contribution is 2.17. The second-order valence-corrected chi connectivity index (χ2v) is 5.90. The lowest BCUT2D eigenvalue weighted by Crippen LogP contribution is -2.26. The normalized spacial score (nSPS) is 10.4. The van der Waals surface area contributed by atoms with Gasteiger partial charge in [-0.15, -0.1) is 0 Å². The van der Waals surface area contributed by atoms with Gasteiger partial charge in [-0.2, -0.15) is 0 Å². The molecule has 1 N–H and O–H groups in total. The van der Waals surface area contributed by atoms with E-state index in [0.717, 1.165) is 17.2 Å². The van der Waals surface area contributed by atoms with E-state index in [1.807, 2.05) is 43.3 Å². The van der Waals surface area contributed by atoms with Gasteiger partial charge in [0.2, 0.25) is 0 Å². The van der Waals surface area contributed by atoms with E-state index < -0.39 is 0 Å². The molecule has 0 atom stereocenters. The van der Waals surface area contributed by atoms with E-state index in [-0.39, 0.29) is 5.91 Å². The SMILES string of the molecule is CN(C)c1cc(CCNC(=O)c2cccnc2)nc(-c2ccccn2)n1. The molecule has 7 nitrogen and oxygen atoms in total. The molecule has 0 aliphatic rings. The lowest BCUT2D eigenvalue weighted by atomic mass is 10.2. The Balaban J connectivity index is 1.73. The Labute approximate surface area is 152 Å². The van der Waals surface area contributed by atoms with E-state index in [1.54, 1.807) is 30.7 Å². The molecule has 0 bridgehead atoms. The summed E-state index contributed by atoms with van der Waals surface area (Å²) in [5, 5.41) is 2.89. The quantitative estimate of drug-likeness (QED) is 0.733. The van der Waals surface area contributed by atoms with Crippen molar-refractivity contribution in [2.24, 2.45) is 0 Å². The largest absolute Gasteiger partial charge is 0.363 e. The summed E-state index contributed by atoms with van der Waals surface area (Å²) in [5.41, 5.74) is 2.10. The number of hydrogen-bond donors (Lipinski definition) is 1. The minimum absolute atomic E-state index is 0.148. The molecule has 3 aromatic rings. The number of aromatic nitrogens is 4. The van der Waals surface area contributed by atoms with Gasteiger partial charge in [0.05, 0.1) is 5.56 Å². The summed E-state index contributed by atoms with van der Waals surface area (Å²) in [6.45, 7) is 0.471. The number of rotatable bonds is 6. The van der Waals surface area contributed by atoms with Crippen LogP contribution in [-0.4, -0.2) is 46.5 Å². The molecule has 0 radical (unpaired) electrons. The van der Waals surface area contributed by atoms with Crippen LogP contribution in [0.1, 0.15) is 16.1 Å². The van der Waals surface area contributed by atoms with E-state index in [4.69, 9.17) is 0 Å². The maximum Gasteiger partial charge on any atom is 0.252 e. The van der Waals surface area contributed by atoms with Crippen molar-refractivity contribution in [3.63, 3.8) is 0 Å². The highest BCUT2D eigenvalue weighted by Gasteiger charge is 2.10. The highest BCUT2D eigenvalue weighted by molar-refractivity contribution is 5.93. The first-order chi connectivity index (χ1) is 12.6. The molecule has 132 valence electrons. The average Bonchev–Trinajstić information content (AvgIpc) is 2.69. The third kappa shape index (κ3) is 4.38. The lowest BCUT2D eigenvalue weighted by molar-refractivity contribution is 0.0953. The fourth-order valence-electron chi connectivity index (χ4n) is 2.35. The zero-order valence-corrected chi connectivity index (χ0v) is 14.8. The highest BCUT2D eigenvalue weighted by atomic mass is 16.1. The Bertz CT molecular complexity index is 868. The van der Waals surface area contributed by atoms with Gasteiger partial charge in [0, 0.05) is 57.4 Å². The van der Waals surface area contributed by atoms with Gasteiger partial charge in [-0.05, 0) is 24.3 Å². The first-order valence-electron chi connectivity index (χ1n) is 8.28. The second-order valence-electron chi connectivity index (χ2n) is 5.90. The van der Waals surface area contributed by atoms with Crippen LogP contribution < -0.4 is 10.2 Å². The van der Waals surface area contributed by atoms with Crippen LogP contribution in [-0.2, 0) is 6.42 Å². The standard InChI is InChI=1S/C19H20N6O/c1-25(2)17-12-15(23-18(24-17)16-7-3-4-10-21-16)8-11-22-19(26)14-6-5-9-20-13-14/h3-7,9-10,12-13H,8,11H2,1-2H3,(H,22,26). The maximum atomic E-state index is 12.1. The molecular formula is C19H20N6O. The number of anilines is 1. The van der Waals surface area contributed by atoms with Crippen LogP contribution in [0.5, 0.6) is 0 Å². The fourth-order valence-corrected chi connectivity index (χ4v) is 2.35. The summed E-state index contributed by atoms with van der Waals surface area (Å²) >= 11 is 0. The van der Waals surface area contributed by atoms with Crippen LogP contribution >= 0.6 is 0 Å². The number of nitrogens with one attached hydrogen (secondary N) is 1. The lowest BCUT2D eigenvalue weighted by Gasteiger charge is -2.14. The van der Waals surface area contributed by atoms with Gasteiger partial charge in [-0.3, -0.25) is 14.8 Å². The Morgan fingerprint density at radius 2 is 2.00 bits per heavy atom. The van der Waals surface area contributed by atoms with Crippen molar-refractivity contribution in [3.05, 3.63) is 66.2 Å². The van der Waals surface area contributed by atoms with Gasteiger partial charge in [0.15, 0.2) is 5.82 Å². The van der Waals surface area contributed by atoms with Gasteiger partial charge >= 0.3 is 0 Å². The number of nitrogens with zero attached hydrogens (tertiary/aromatic N) is 5. The number of amides is 1. The van der Waals surface area contributed by atoms with Crippen molar-refractivity contribution >= 4 is 11.7 Å². The number of pyridine rings is 2. The maximum absolute atomic E-state index is 12.1.